The van der Waals surface area contributed by atoms with E-state index in [1.54, 1.807) is 7.11 Å². The predicted molar refractivity (Wildman–Crippen MR) is 97.9 cm³/mol. The minimum atomic E-state index is 0. The van der Waals surface area contributed by atoms with Crippen molar-refractivity contribution < 1.29 is 9.47 Å². The van der Waals surface area contributed by atoms with Gasteiger partial charge in [-0.1, -0.05) is 6.92 Å². The number of hydrogen-bond acceptors (Lipinski definition) is 3. The maximum absolute atomic E-state index is 5.76. The van der Waals surface area contributed by atoms with Crippen LogP contribution in [0, 0.1) is 0 Å². The summed E-state index contributed by atoms with van der Waals surface area (Å²) in [6, 6.07) is 7.89. The molecule has 5 nitrogen and oxygen atoms in total. The molecule has 3 N–H and O–H groups in total. The van der Waals surface area contributed by atoms with Crippen molar-refractivity contribution >= 4 is 29.9 Å². The molecule has 0 saturated heterocycles. The van der Waals surface area contributed by atoms with Crippen LogP contribution in [0.1, 0.15) is 26.7 Å². The number of nitrogens with two attached hydrogens (primary N) is 1. The first kappa shape index (κ1) is 19.8. The maximum atomic E-state index is 5.76. The molecule has 1 aromatic rings. The monoisotopic (exact) mass is 407 g/mol. The third kappa shape index (κ3) is 8.64. The molecular formula is C15H26IN3O2. The van der Waals surface area contributed by atoms with Gasteiger partial charge in [-0.25, -0.2) is 0 Å². The second-order valence-corrected chi connectivity index (χ2v) is 4.60. The SMILES string of the molecule is CCC(C)NC(N)=NCCCOc1ccc(OC)cc1.I. The number of guanidine groups is 1. The Morgan fingerprint density at radius 2 is 1.90 bits per heavy atom. The van der Waals surface area contributed by atoms with Crippen molar-refractivity contribution in [2.75, 3.05) is 20.3 Å². The highest BCUT2D eigenvalue weighted by atomic mass is 127. The fraction of sp³-hybridized carbons (Fsp3) is 0.533. The zero-order chi connectivity index (χ0) is 14.8. The third-order valence-electron chi connectivity index (χ3n) is 2.92. The van der Waals surface area contributed by atoms with E-state index in [9.17, 15) is 0 Å². The summed E-state index contributed by atoms with van der Waals surface area (Å²) in [5.41, 5.74) is 5.76. The molecule has 0 heterocycles. The molecule has 0 aromatic heterocycles. The summed E-state index contributed by atoms with van der Waals surface area (Å²) in [5, 5.41) is 3.12. The first-order chi connectivity index (χ1) is 9.65. The summed E-state index contributed by atoms with van der Waals surface area (Å²) >= 11 is 0. The normalized spacial score (nSPS) is 12.2. The molecule has 0 amide bonds. The lowest BCUT2D eigenvalue weighted by atomic mass is 10.3. The van der Waals surface area contributed by atoms with Gasteiger partial charge in [0.05, 0.1) is 13.7 Å². The Bertz CT molecular complexity index is 410. The summed E-state index contributed by atoms with van der Waals surface area (Å²) in [7, 11) is 1.64. The number of aliphatic imine (C=N–C) groups is 1. The Morgan fingerprint density at radius 3 is 2.48 bits per heavy atom. The van der Waals surface area contributed by atoms with Gasteiger partial charge >= 0.3 is 0 Å². The first-order valence-electron chi connectivity index (χ1n) is 6.99. The van der Waals surface area contributed by atoms with Gasteiger partial charge in [0.1, 0.15) is 11.5 Å². The van der Waals surface area contributed by atoms with E-state index in [0.29, 0.717) is 25.2 Å². The Balaban J connectivity index is 0.00000400. The van der Waals surface area contributed by atoms with Crippen LogP contribution in [0.15, 0.2) is 29.3 Å². The average Bonchev–Trinajstić information content (AvgIpc) is 2.47. The van der Waals surface area contributed by atoms with Crippen molar-refractivity contribution in [3.05, 3.63) is 24.3 Å². The lowest BCUT2D eigenvalue weighted by molar-refractivity contribution is 0.312. The smallest absolute Gasteiger partial charge is 0.188 e. The highest BCUT2D eigenvalue weighted by Crippen LogP contribution is 2.16. The van der Waals surface area contributed by atoms with Crippen LogP contribution in [0.5, 0.6) is 11.5 Å². The van der Waals surface area contributed by atoms with Crippen molar-refractivity contribution in [2.24, 2.45) is 10.7 Å². The van der Waals surface area contributed by atoms with Gasteiger partial charge in [0.25, 0.3) is 0 Å². The Morgan fingerprint density at radius 1 is 1.29 bits per heavy atom. The molecule has 0 aliphatic heterocycles. The van der Waals surface area contributed by atoms with Gasteiger partial charge in [0.15, 0.2) is 5.96 Å². The number of methoxy groups -OCH3 is 1. The molecule has 6 heteroatoms. The molecule has 1 atom stereocenters. The quantitative estimate of drug-likeness (QED) is 0.301. The molecule has 0 fully saturated rings. The van der Waals surface area contributed by atoms with Crippen molar-refractivity contribution in [3.8, 4) is 11.5 Å². The van der Waals surface area contributed by atoms with Crippen molar-refractivity contribution in [3.63, 3.8) is 0 Å². The first-order valence-corrected chi connectivity index (χ1v) is 6.99. The molecule has 0 saturated carbocycles. The van der Waals surface area contributed by atoms with Crippen LogP contribution in [0.4, 0.5) is 0 Å². The molecule has 0 aliphatic rings. The number of halogens is 1. The minimum absolute atomic E-state index is 0. The lowest BCUT2D eigenvalue weighted by Gasteiger charge is -2.11. The standard InChI is InChI=1S/C15H25N3O2.HI/c1-4-12(2)18-15(16)17-10-5-11-20-14-8-6-13(19-3)7-9-14;/h6-9,12H,4-5,10-11H2,1-3H3,(H3,16,17,18);1H. The average molecular weight is 407 g/mol. The van der Waals surface area contributed by atoms with Gasteiger partial charge in [0, 0.05) is 19.0 Å². The number of nitrogens with one attached hydrogen (secondary N) is 1. The van der Waals surface area contributed by atoms with Gasteiger partial charge in [0.2, 0.25) is 0 Å². The summed E-state index contributed by atoms with van der Waals surface area (Å²) in [6.07, 6.45) is 1.85. The van der Waals surface area contributed by atoms with E-state index in [1.807, 2.05) is 24.3 Å². The van der Waals surface area contributed by atoms with Crippen molar-refractivity contribution in [1.29, 1.82) is 0 Å². The van der Waals surface area contributed by atoms with E-state index >= 15 is 0 Å². The minimum Gasteiger partial charge on any atom is -0.497 e. The largest absolute Gasteiger partial charge is 0.497 e. The van der Waals surface area contributed by atoms with Gasteiger partial charge in [-0.05, 0) is 37.6 Å². The van der Waals surface area contributed by atoms with Crippen molar-refractivity contribution in [1.82, 2.24) is 5.32 Å². The molecule has 1 rings (SSSR count). The second-order valence-electron chi connectivity index (χ2n) is 4.60. The van der Waals surface area contributed by atoms with E-state index in [-0.39, 0.29) is 24.0 Å². The lowest BCUT2D eigenvalue weighted by Crippen LogP contribution is -2.38. The molecule has 0 spiro atoms. The van der Waals surface area contributed by atoms with E-state index in [4.69, 9.17) is 15.2 Å². The van der Waals surface area contributed by atoms with Crippen LogP contribution in [-0.4, -0.2) is 32.3 Å². The van der Waals surface area contributed by atoms with Gasteiger partial charge < -0.3 is 20.5 Å². The molecule has 0 aliphatic carbocycles. The topological polar surface area (TPSA) is 68.9 Å². The molecule has 0 bridgehead atoms. The molecule has 120 valence electrons. The van der Waals surface area contributed by atoms with E-state index in [1.165, 1.54) is 0 Å². The van der Waals surface area contributed by atoms with E-state index in [0.717, 1.165) is 24.3 Å². The second kappa shape index (κ2) is 11.5. The Hall–Kier alpha value is -1.18. The number of rotatable bonds is 8. The van der Waals surface area contributed by atoms with E-state index < -0.39 is 0 Å². The van der Waals surface area contributed by atoms with Gasteiger partial charge in [-0.2, -0.15) is 0 Å². The molecule has 1 aromatic carbocycles. The number of ether oxygens (including phenoxy) is 2. The van der Waals surface area contributed by atoms with Crippen LogP contribution in [0.2, 0.25) is 0 Å². The zero-order valence-corrected chi connectivity index (χ0v) is 15.3. The Labute approximate surface area is 144 Å². The highest BCUT2D eigenvalue weighted by molar-refractivity contribution is 14.0. The summed E-state index contributed by atoms with van der Waals surface area (Å²) in [5.74, 6) is 2.16. The summed E-state index contributed by atoms with van der Waals surface area (Å²) in [6.45, 7) is 5.46. The Kier molecular flexibility index (Phi) is 10.8. The van der Waals surface area contributed by atoms with Crippen LogP contribution < -0.4 is 20.5 Å². The molecule has 0 radical (unpaired) electrons. The maximum Gasteiger partial charge on any atom is 0.188 e. The van der Waals surface area contributed by atoms with E-state index in [2.05, 4.69) is 24.2 Å². The fourth-order valence-electron chi connectivity index (χ4n) is 1.53. The zero-order valence-electron chi connectivity index (χ0n) is 13.0. The number of benzene rings is 1. The highest BCUT2D eigenvalue weighted by Gasteiger charge is 1.98. The molecule has 21 heavy (non-hydrogen) atoms. The number of hydrogen-bond donors (Lipinski definition) is 2. The number of nitrogens with zero attached hydrogens (tertiary/aromatic N) is 1. The van der Waals surface area contributed by atoms with Crippen molar-refractivity contribution in [2.45, 2.75) is 32.7 Å². The van der Waals surface area contributed by atoms with Crippen LogP contribution in [-0.2, 0) is 0 Å². The van der Waals surface area contributed by atoms with Gasteiger partial charge in [-0.15, -0.1) is 24.0 Å². The van der Waals surface area contributed by atoms with Gasteiger partial charge in [-0.3, -0.25) is 4.99 Å². The van der Waals surface area contributed by atoms with Crippen LogP contribution in [0.25, 0.3) is 0 Å². The van der Waals surface area contributed by atoms with Crippen LogP contribution in [0.3, 0.4) is 0 Å². The van der Waals surface area contributed by atoms with Crippen LogP contribution >= 0.6 is 24.0 Å². The molecular weight excluding hydrogens is 381 g/mol. The summed E-state index contributed by atoms with van der Waals surface area (Å²) in [4.78, 5) is 4.25. The third-order valence-corrected chi connectivity index (χ3v) is 2.92. The fourth-order valence-corrected chi connectivity index (χ4v) is 1.53. The summed E-state index contributed by atoms with van der Waals surface area (Å²) < 4.78 is 10.7. The molecule has 1 unspecified atom stereocenters. The predicted octanol–water partition coefficient (Wildman–Crippen LogP) is 2.78.